The Balaban J connectivity index is 2.92. The van der Waals surface area contributed by atoms with E-state index < -0.39 is 0 Å². The van der Waals surface area contributed by atoms with Gasteiger partial charge in [0.15, 0.2) is 0 Å². The molecule has 0 bridgehead atoms. The second-order valence-corrected chi connectivity index (χ2v) is 4.13. The van der Waals surface area contributed by atoms with Gasteiger partial charge >= 0.3 is 0 Å². The first-order chi connectivity index (χ1) is 7.47. The summed E-state index contributed by atoms with van der Waals surface area (Å²) in [5.41, 5.74) is 6.13. The molecule has 5 nitrogen and oxygen atoms in total. The standard InChI is InChI=1S/C10H16N4OS/c1-4-6(2)10(15)13-9-7(8(11)16)5-12-14(9)3/h5-6H,4H2,1-3H3,(H2,11,16)(H,13,15). The van der Waals surface area contributed by atoms with Crippen LogP contribution in [0.2, 0.25) is 0 Å². The number of nitrogens with one attached hydrogen (secondary N) is 1. The predicted molar refractivity (Wildman–Crippen MR) is 67.2 cm³/mol. The molecule has 1 amide bonds. The molecule has 6 heteroatoms. The molecule has 0 radical (unpaired) electrons. The smallest absolute Gasteiger partial charge is 0.228 e. The van der Waals surface area contributed by atoms with Gasteiger partial charge in [-0.15, -0.1) is 0 Å². The van der Waals surface area contributed by atoms with Gasteiger partial charge in [0.2, 0.25) is 5.91 Å². The maximum Gasteiger partial charge on any atom is 0.228 e. The molecule has 16 heavy (non-hydrogen) atoms. The summed E-state index contributed by atoms with van der Waals surface area (Å²) in [5, 5.41) is 6.80. The van der Waals surface area contributed by atoms with E-state index in [2.05, 4.69) is 10.4 Å². The Morgan fingerprint density at radius 3 is 2.88 bits per heavy atom. The van der Waals surface area contributed by atoms with Crippen LogP contribution in [-0.2, 0) is 11.8 Å². The molecular formula is C10H16N4OS. The Morgan fingerprint density at radius 2 is 2.38 bits per heavy atom. The summed E-state index contributed by atoms with van der Waals surface area (Å²) >= 11 is 4.88. The molecule has 1 heterocycles. The van der Waals surface area contributed by atoms with Crippen molar-refractivity contribution in [1.29, 1.82) is 0 Å². The molecule has 0 aromatic carbocycles. The monoisotopic (exact) mass is 240 g/mol. The summed E-state index contributed by atoms with van der Waals surface area (Å²) in [6.45, 7) is 3.83. The first-order valence-electron chi connectivity index (χ1n) is 5.10. The van der Waals surface area contributed by atoms with Crippen LogP contribution in [0.25, 0.3) is 0 Å². The maximum absolute atomic E-state index is 11.7. The van der Waals surface area contributed by atoms with Crippen molar-refractivity contribution in [1.82, 2.24) is 9.78 Å². The van der Waals surface area contributed by atoms with E-state index in [4.69, 9.17) is 18.0 Å². The molecule has 0 saturated carbocycles. The van der Waals surface area contributed by atoms with Crippen molar-refractivity contribution >= 4 is 28.9 Å². The molecule has 0 fully saturated rings. The second-order valence-electron chi connectivity index (χ2n) is 3.69. The Morgan fingerprint density at radius 1 is 1.75 bits per heavy atom. The number of hydrogen-bond donors (Lipinski definition) is 2. The minimum atomic E-state index is -0.0522. The number of amides is 1. The average Bonchev–Trinajstić information content (AvgIpc) is 2.59. The second kappa shape index (κ2) is 5.07. The first-order valence-corrected chi connectivity index (χ1v) is 5.50. The SMILES string of the molecule is CCC(C)C(=O)Nc1c(C(N)=S)cnn1C. The van der Waals surface area contributed by atoms with Crippen molar-refractivity contribution in [3.8, 4) is 0 Å². The van der Waals surface area contributed by atoms with Gasteiger partial charge in [0.1, 0.15) is 10.8 Å². The summed E-state index contributed by atoms with van der Waals surface area (Å²) in [5.74, 6) is 0.454. The van der Waals surface area contributed by atoms with Crippen LogP contribution < -0.4 is 11.1 Å². The zero-order valence-corrected chi connectivity index (χ0v) is 10.5. The fourth-order valence-electron chi connectivity index (χ4n) is 1.19. The number of rotatable bonds is 4. The van der Waals surface area contributed by atoms with Crippen molar-refractivity contribution in [2.24, 2.45) is 18.7 Å². The van der Waals surface area contributed by atoms with Crippen molar-refractivity contribution in [3.05, 3.63) is 11.8 Å². The number of hydrogen-bond acceptors (Lipinski definition) is 3. The van der Waals surface area contributed by atoms with Gasteiger partial charge in [0.05, 0.1) is 11.8 Å². The number of aromatic nitrogens is 2. The summed E-state index contributed by atoms with van der Waals surface area (Å²) in [6, 6.07) is 0. The minimum Gasteiger partial charge on any atom is -0.389 e. The fourth-order valence-corrected chi connectivity index (χ4v) is 1.34. The van der Waals surface area contributed by atoms with Crippen LogP contribution in [-0.4, -0.2) is 20.7 Å². The summed E-state index contributed by atoms with van der Waals surface area (Å²) < 4.78 is 1.55. The van der Waals surface area contributed by atoms with Crippen LogP contribution in [0.3, 0.4) is 0 Å². The highest BCUT2D eigenvalue weighted by molar-refractivity contribution is 7.80. The number of aryl methyl sites for hydroxylation is 1. The lowest BCUT2D eigenvalue weighted by Gasteiger charge is -2.11. The molecular weight excluding hydrogens is 224 g/mol. The summed E-state index contributed by atoms with van der Waals surface area (Å²) in [6.07, 6.45) is 2.33. The Bertz CT molecular complexity index is 413. The lowest BCUT2D eigenvalue weighted by atomic mass is 10.1. The Labute approximate surface area is 100 Å². The molecule has 88 valence electrons. The van der Waals surface area contributed by atoms with Crippen LogP contribution in [0.15, 0.2) is 6.20 Å². The molecule has 1 aromatic rings. The topological polar surface area (TPSA) is 72.9 Å². The number of carbonyl (C=O) groups excluding carboxylic acids is 1. The van der Waals surface area contributed by atoms with Crippen molar-refractivity contribution in [2.45, 2.75) is 20.3 Å². The molecule has 1 atom stereocenters. The number of nitrogens with two attached hydrogens (primary N) is 1. The van der Waals surface area contributed by atoms with Crippen molar-refractivity contribution in [2.75, 3.05) is 5.32 Å². The molecule has 0 aliphatic carbocycles. The third-order valence-electron chi connectivity index (χ3n) is 2.51. The minimum absolute atomic E-state index is 0.0471. The van der Waals surface area contributed by atoms with E-state index in [1.807, 2.05) is 13.8 Å². The number of thiocarbonyl (C=S) groups is 1. The number of anilines is 1. The van der Waals surface area contributed by atoms with E-state index in [1.54, 1.807) is 17.9 Å². The third kappa shape index (κ3) is 2.57. The van der Waals surface area contributed by atoms with Crippen molar-refractivity contribution in [3.63, 3.8) is 0 Å². The Kier molecular flexibility index (Phi) is 4.00. The van der Waals surface area contributed by atoms with Crippen LogP contribution in [0.5, 0.6) is 0 Å². The lowest BCUT2D eigenvalue weighted by Crippen LogP contribution is -2.23. The molecule has 1 rings (SSSR count). The maximum atomic E-state index is 11.7. The van der Waals surface area contributed by atoms with Gasteiger partial charge in [-0.1, -0.05) is 26.1 Å². The van der Waals surface area contributed by atoms with Gasteiger partial charge in [-0.05, 0) is 6.42 Å². The van der Waals surface area contributed by atoms with Gasteiger partial charge in [-0.25, -0.2) is 0 Å². The van der Waals surface area contributed by atoms with Gasteiger partial charge in [-0.2, -0.15) is 5.10 Å². The zero-order valence-electron chi connectivity index (χ0n) is 9.65. The quantitative estimate of drug-likeness (QED) is 0.771. The predicted octanol–water partition coefficient (Wildman–Crippen LogP) is 1.04. The van der Waals surface area contributed by atoms with Gasteiger partial charge < -0.3 is 11.1 Å². The highest BCUT2D eigenvalue weighted by Gasteiger charge is 2.16. The molecule has 1 aromatic heterocycles. The van der Waals surface area contributed by atoms with Crippen LogP contribution >= 0.6 is 12.2 Å². The molecule has 0 spiro atoms. The van der Waals surface area contributed by atoms with Crippen LogP contribution in [0, 0.1) is 5.92 Å². The van der Waals surface area contributed by atoms with E-state index in [1.165, 1.54) is 0 Å². The molecule has 1 unspecified atom stereocenters. The normalized spacial score (nSPS) is 12.2. The van der Waals surface area contributed by atoms with E-state index in [9.17, 15) is 4.79 Å². The summed E-state index contributed by atoms with van der Waals surface area (Å²) in [7, 11) is 1.73. The van der Waals surface area contributed by atoms with Gasteiger partial charge in [0.25, 0.3) is 0 Å². The third-order valence-corrected chi connectivity index (χ3v) is 2.73. The number of nitrogens with zero attached hydrogens (tertiary/aromatic N) is 2. The highest BCUT2D eigenvalue weighted by Crippen LogP contribution is 2.15. The van der Waals surface area contributed by atoms with Crippen LogP contribution in [0.1, 0.15) is 25.8 Å². The molecule has 3 N–H and O–H groups in total. The van der Waals surface area contributed by atoms with Crippen LogP contribution in [0.4, 0.5) is 5.82 Å². The van der Waals surface area contributed by atoms with Gasteiger partial charge in [0, 0.05) is 13.0 Å². The lowest BCUT2D eigenvalue weighted by molar-refractivity contribution is -0.119. The molecule has 0 aliphatic heterocycles. The zero-order chi connectivity index (χ0) is 12.3. The Hall–Kier alpha value is -1.43. The van der Waals surface area contributed by atoms with E-state index in [-0.39, 0.29) is 16.8 Å². The van der Waals surface area contributed by atoms with Gasteiger partial charge in [-0.3, -0.25) is 9.48 Å². The fraction of sp³-hybridized carbons (Fsp3) is 0.500. The van der Waals surface area contributed by atoms with Crippen molar-refractivity contribution < 1.29 is 4.79 Å². The van der Waals surface area contributed by atoms with E-state index in [0.717, 1.165) is 6.42 Å². The summed E-state index contributed by atoms with van der Waals surface area (Å²) in [4.78, 5) is 12.0. The number of carbonyl (C=O) groups is 1. The molecule has 0 saturated heterocycles. The highest BCUT2D eigenvalue weighted by atomic mass is 32.1. The molecule has 0 aliphatic rings. The first kappa shape index (κ1) is 12.6. The largest absolute Gasteiger partial charge is 0.389 e. The van der Waals surface area contributed by atoms with E-state index in [0.29, 0.717) is 11.4 Å². The van der Waals surface area contributed by atoms with E-state index >= 15 is 0 Å². The average molecular weight is 240 g/mol.